The van der Waals surface area contributed by atoms with E-state index in [1.165, 1.54) is 0 Å². The molecule has 2 aromatic rings. The van der Waals surface area contributed by atoms with Crippen molar-refractivity contribution >= 4 is 21.8 Å². The van der Waals surface area contributed by atoms with Crippen molar-refractivity contribution in [3.05, 3.63) is 40.5 Å². The summed E-state index contributed by atoms with van der Waals surface area (Å²) in [7, 11) is 0. The SMILES string of the molecule is CCC(C)NC(=O)c1cn[nH]c1-c1cccc(Br)c1. The van der Waals surface area contributed by atoms with Gasteiger partial charge in [-0.25, -0.2) is 0 Å². The molecule has 0 aliphatic carbocycles. The zero-order valence-corrected chi connectivity index (χ0v) is 12.5. The van der Waals surface area contributed by atoms with Crippen LogP contribution in [0, 0.1) is 0 Å². The molecule has 1 aromatic heterocycles. The molecule has 0 bridgehead atoms. The van der Waals surface area contributed by atoms with E-state index in [0.717, 1.165) is 22.2 Å². The first-order chi connectivity index (χ1) is 9.11. The summed E-state index contributed by atoms with van der Waals surface area (Å²) in [6, 6.07) is 7.92. The number of carbonyl (C=O) groups is 1. The Balaban J connectivity index is 2.30. The van der Waals surface area contributed by atoms with Gasteiger partial charge in [0, 0.05) is 16.1 Å². The van der Waals surface area contributed by atoms with E-state index in [9.17, 15) is 4.79 Å². The molecule has 2 N–H and O–H groups in total. The minimum atomic E-state index is -0.0990. The number of nitrogens with one attached hydrogen (secondary N) is 2. The molecule has 1 amide bonds. The maximum absolute atomic E-state index is 12.2. The number of aromatic nitrogens is 2. The highest BCUT2D eigenvalue weighted by atomic mass is 79.9. The first-order valence-electron chi connectivity index (χ1n) is 6.22. The van der Waals surface area contributed by atoms with Gasteiger partial charge in [-0.3, -0.25) is 9.89 Å². The van der Waals surface area contributed by atoms with Gasteiger partial charge >= 0.3 is 0 Å². The minimum absolute atomic E-state index is 0.0990. The maximum atomic E-state index is 12.2. The molecule has 0 aliphatic rings. The molecule has 0 radical (unpaired) electrons. The highest BCUT2D eigenvalue weighted by Crippen LogP contribution is 2.24. The van der Waals surface area contributed by atoms with Crippen molar-refractivity contribution in [2.24, 2.45) is 0 Å². The molecule has 0 aliphatic heterocycles. The van der Waals surface area contributed by atoms with Gasteiger partial charge < -0.3 is 5.32 Å². The topological polar surface area (TPSA) is 57.8 Å². The number of benzene rings is 1. The second kappa shape index (κ2) is 6.02. The summed E-state index contributed by atoms with van der Waals surface area (Å²) in [4.78, 5) is 12.2. The number of carbonyl (C=O) groups excluding carboxylic acids is 1. The van der Waals surface area contributed by atoms with Crippen molar-refractivity contribution in [1.82, 2.24) is 15.5 Å². The zero-order chi connectivity index (χ0) is 13.8. The molecule has 0 spiro atoms. The first kappa shape index (κ1) is 13.8. The first-order valence-corrected chi connectivity index (χ1v) is 7.01. The average molecular weight is 322 g/mol. The van der Waals surface area contributed by atoms with Gasteiger partial charge in [-0.1, -0.05) is 35.0 Å². The molecule has 1 heterocycles. The Morgan fingerprint density at radius 1 is 1.53 bits per heavy atom. The fourth-order valence-corrected chi connectivity index (χ4v) is 2.13. The Kier molecular flexibility index (Phi) is 4.37. The van der Waals surface area contributed by atoms with Crippen molar-refractivity contribution in [2.75, 3.05) is 0 Å². The standard InChI is InChI=1S/C14H16BrN3O/c1-3-9(2)17-14(19)12-8-16-18-13(12)10-5-4-6-11(15)7-10/h4-9H,3H2,1-2H3,(H,16,18)(H,17,19). The van der Waals surface area contributed by atoms with Crippen molar-refractivity contribution in [2.45, 2.75) is 26.3 Å². The van der Waals surface area contributed by atoms with E-state index in [0.29, 0.717) is 5.56 Å². The monoisotopic (exact) mass is 321 g/mol. The van der Waals surface area contributed by atoms with Crippen LogP contribution < -0.4 is 5.32 Å². The van der Waals surface area contributed by atoms with Crippen LogP contribution in [0.4, 0.5) is 0 Å². The Labute approximate surface area is 120 Å². The highest BCUT2D eigenvalue weighted by Gasteiger charge is 2.16. The molecule has 1 unspecified atom stereocenters. The lowest BCUT2D eigenvalue weighted by Gasteiger charge is -2.11. The maximum Gasteiger partial charge on any atom is 0.255 e. The number of rotatable bonds is 4. The summed E-state index contributed by atoms with van der Waals surface area (Å²) in [5.41, 5.74) is 2.24. The Morgan fingerprint density at radius 3 is 3.00 bits per heavy atom. The van der Waals surface area contributed by atoms with E-state index in [-0.39, 0.29) is 11.9 Å². The van der Waals surface area contributed by atoms with Crippen LogP contribution in [0.5, 0.6) is 0 Å². The molecule has 5 heteroatoms. The van der Waals surface area contributed by atoms with Crippen LogP contribution in [0.15, 0.2) is 34.9 Å². The molecule has 1 atom stereocenters. The van der Waals surface area contributed by atoms with Crippen LogP contribution in [0.1, 0.15) is 30.6 Å². The molecular formula is C14H16BrN3O. The Bertz CT molecular complexity index is 580. The molecule has 0 fully saturated rings. The number of hydrogen-bond acceptors (Lipinski definition) is 2. The van der Waals surface area contributed by atoms with Crippen LogP contribution in [0.2, 0.25) is 0 Å². The summed E-state index contributed by atoms with van der Waals surface area (Å²) in [6.07, 6.45) is 2.46. The third kappa shape index (κ3) is 3.23. The lowest BCUT2D eigenvalue weighted by molar-refractivity contribution is 0.0940. The van der Waals surface area contributed by atoms with Crippen LogP contribution in [-0.4, -0.2) is 22.1 Å². The summed E-state index contributed by atoms with van der Waals surface area (Å²) >= 11 is 3.43. The number of halogens is 1. The van der Waals surface area contributed by atoms with Gasteiger partial charge in [-0.2, -0.15) is 5.10 Å². The second-order valence-electron chi connectivity index (χ2n) is 4.45. The van der Waals surface area contributed by atoms with E-state index in [1.54, 1.807) is 6.20 Å². The van der Waals surface area contributed by atoms with Crippen LogP contribution in [-0.2, 0) is 0 Å². The second-order valence-corrected chi connectivity index (χ2v) is 5.37. The lowest BCUT2D eigenvalue weighted by atomic mass is 10.1. The number of H-pyrrole nitrogens is 1. The third-order valence-electron chi connectivity index (χ3n) is 2.99. The fraction of sp³-hybridized carbons (Fsp3) is 0.286. The summed E-state index contributed by atoms with van der Waals surface area (Å²) in [5.74, 6) is -0.0990. The Hall–Kier alpha value is -1.62. The van der Waals surface area contributed by atoms with Crippen LogP contribution in [0.3, 0.4) is 0 Å². The van der Waals surface area contributed by atoms with Gasteiger partial charge in [0.25, 0.3) is 5.91 Å². The van der Waals surface area contributed by atoms with Crippen molar-refractivity contribution < 1.29 is 4.79 Å². The predicted octanol–water partition coefficient (Wildman–Crippen LogP) is 3.37. The van der Waals surface area contributed by atoms with Gasteiger partial charge in [-0.15, -0.1) is 0 Å². The predicted molar refractivity (Wildman–Crippen MR) is 78.9 cm³/mol. The summed E-state index contributed by atoms with van der Waals surface area (Å²) in [6.45, 7) is 4.02. The van der Waals surface area contributed by atoms with E-state index in [1.807, 2.05) is 38.1 Å². The van der Waals surface area contributed by atoms with E-state index >= 15 is 0 Å². The van der Waals surface area contributed by atoms with Gasteiger partial charge in [0.2, 0.25) is 0 Å². The van der Waals surface area contributed by atoms with Gasteiger partial charge in [0.1, 0.15) is 0 Å². The smallest absolute Gasteiger partial charge is 0.255 e. The zero-order valence-electron chi connectivity index (χ0n) is 10.9. The van der Waals surface area contributed by atoms with Crippen LogP contribution in [0.25, 0.3) is 11.3 Å². The normalized spacial score (nSPS) is 12.2. The fourth-order valence-electron chi connectivity index (χ4n) is 1.73. The van der Waals surface area contributed by atoms with Gasteiger partial charge in [0.05, 0.1) is 17.5 Å². The molecule has 0 saturated carbocycles. The van der Waals surface area contributed by atoms with Crippen molar-refractivity contribution in [3.8, 4) is 11.3 Å². The average Bonchev–Trinajstić information content (AvgIpc) is 2.87. The summed E-state index contributed by atoms with van der Waals surface area (Å²) < 4.78 is 0.966. The van der Waals surface area contributed by atoms with E-state index in [2.05, 4.69) is 31.4 Å². The largest absolute Gasteiger partial charge is 0.349 e. The molecule has 2 rings (SSSR count). The lowest BCUT2D eigenvalue weighted by Crippen LogP contribution is -2.32. The summed E-state index contributed by atoms with van der Waals surface area (Å²) in [5, 5.41) is 9.82. The number of aromatic amines is 1. The van der Waals surface area contributed by atoms with Gasteiger partial charge in [0.15, 0.2) is 0 Å². The van der Waals surface area contributed by atoms with E-state index < -0.39 is 0 Å². The molecule has 0 saturated heterocycles. The third-order valence-corrected chi connectivity index (χ3v) is 3.48. The van der Waals surface area contributed by atoms with Crippen molar-refractivity contribution in [3.63, 3.8) is 0 Å². The van der Waals surface area contributed by atoms with Crippen LogP contribution >= 0.6 is 15.9 Å². The quantitative estimate of drug-likeness (QED) is 0.907. The molecule has 100 valence electrons. The molecular weight excluding hydrogens is 306 g/mol. The number of nitrogens with zero attached hydrogens (tertiary/aromatic N) is 1. The molecule has 4 nitrogen and oxygen atoms in total. The molecule has 19 heavy (non-hydrogen) atoms. The van der Waals surface area contributed by atoms with Gasteiger partial charge in [-0.05, 0) is 25.5 Å². The Morgan fingerprint density at radius 2 is 2.32 bits per heavy atom. The molecule has 1 aromatic carbocycles. The number of hydrogen-bond donors (Lipinski definition) is 2. The van der Waals surface area contributed by atoms with E-state index in [4.69, 9.17) is 0 Å². The minimum Gasteiger partial charge on any atom is -0.349 e. The highest BCUT2D eigenvalue weighted by molar-refractivity contribution is 9.10. The van der Waals surface area contributed by atoms with Crippen molar-refractivity contribution in [1.29, 1.82) is 0 Å². The number of amides is 1.